The largest absolute Gasteiger partial charge is 0.451 e. The first-order valence-corrected chi connectivity index (χ1v) is 7.32. The van der Waals surface area contributed by atoms with Gasteiger partial charge in [0.15, 0.2) is 12.1 Å². The Morgan fingerprint density at radius 1 is 1.35 bits per heavy atom. The molecule has 0 radical (unpaired) electrons. The Kier molecular flexibility index (Phi) is 4.68. The maximum absolute atomic E-state index is 12.0. The number of morpholine rings is 1. The molecule has 0 spiro atoms. The first kappa shape index (κ1) is 15.2. The van der Waals surface area contributed by atoms with E-state index < -0.39 is 0 Å². The average molecular weight is 315 g/mol. The topological polar surface area (TPSA) is 84.7 Å². The van der Waals surface area contributed by atoms with Gasteiger partial charge < -0.3 is 19.4 Å². The number of benzene rings is 1. The van der Waals surface area contributed by atoms with Gasteiger partial charge in [0.05, 0.1) is 6.10 Å². The quantitative estimate of drug-likeness (QED) is 0.883. The van der Waals surface area contributed by atoms with E-state index in [0.717, 1.165) is 5.56 Å². The summed E-state index contributed by atoms with van der Waals surface area (Å²) in [4.78, 5) is 29.3. The van der Waals surface area contributed by atoms with E-state index in [4.69, 9.17) is 9.15 Å². The van der Waals surface area contributed by atoms with Crippen molar-refractivity contribution in [1.29, 1.82) is 0 Å². The zero-order valence-electron chi connectivity index (χ0n) is 12.5. The van der Waals surface area contributed by atoms with Crippen molar-refractivity contribution >= 4 is 11.8 Å². The zero-order chi connectivity index (χ0) is 16.1. The molecule has 1 aromatic heterocycles. The third kappa shape index (κ3) is 3.95. The first-order valence-electron chi connectivity index (χ1n) is 7.32. The fraction of sp³-hybridized carbons (Fsp3) is 0.312. The van der Waals surface area contributed by atoms with Gasteiger partial charge in [-0.05, 0) is 5.56 Å². The summed E-state index contributed by atoms with van der Waals surface area (Å²) in [7, 11) is 0. The summed E-state index contributed by atoms with van der Waals surface area (Å²) in [5.41, 5.74) is 1.28. The van der Waals surface area contributed by atoms with Crippen molar-refractivity contribution in [2.75, 3.05) is 19.7 Å². The molecule has 1 fully saturated rings. The van der Waals surface area contributed by atoms with Crippen LogP contribution >= 0.6 is 0 Å². The molecule has 1 saturated heterocycles. The average Bonchev–Trinajstić information content (AvgIpc) is 3.11. The lowest BCUT2D eigenvalue weighted by Gasteiger charge is -2.32. The molecule has 2 heterocycles. The minimum Gasteiger partial charge on any atom is -0.451 e. The van der Waals surface area contributed by atoms with Crippen LogP contribution in [0, 0.1) is 0 Å². The summed E-state index contributed by atoms with van der Waals surface area (Å²) in [5.74, 6) is -0.373. The number of ether oxygens (including phenoxy) is 1. The van der Waals surface area contributed by atoms with Crippen LogP contribution in [0.1, 0.15) is 16.1 Å². The van der Waals surface area contributed by atoms with Crippen molar-refractivity contribution in [3.05, 3.63) is 54.2 Å². The standard InChI is InChI=1S/C16H17N3O4/c20-15-10-23-13(6-17-16(21)14-9-22-11-18-14)8-19(15)7-12-4-2-1-3-5-12/h1-5,9,11,13H,6-8,10H2,(H,17,21). The molecule has 3 rings (SSSR count). The molecule has 1 atom stereocenters. The minimum absolute atomic E-state index is 0.0251. The Balaban J connectivity index is 1.53. The predicted molar refractivity (Wildman–Crippen MR) is 80.4 cm³/mol. The van der Waals surface area contributed by atoms with Gasteiger partial charge >= 0.3 is 0 Å². The lowest BCUT2D eigenvalue weighted by atomic mass is 10.2. The lowest BCUT2D eigenvalue weighted by Crippen LogP contribution is -2.50. The van der Waals surface area contributed by atoms with Gasteiger partial charge in [-0.1, -0.05) is 30.3 Å². The van der Waals surface area contributed by atoms with Gasteiger partial charge in [-0.2, -0.15) is 0 Å². The fourth-order valence-corrected chi connectivity index (χ4v) is 2.38. The summed E-state index contributed by atoms with van der Waals surface area (Å²) >= 11 is 0. The molecule has 2 aromatic rings. The van der Waals surface area contributed by atoms with Gasteiger partial charge in [-0.25, -0.2) is 4.98 Å². The molecule has 1 aliphatic heterocycles. The number of oxazole rings is 1. The van der Waals surface area contributed by atoms with Crippen LogP contribution in [0.5, 0.6) is 0 Å². The number of hydrogen-bond acceptors (Lipinski definition) is 5. The number of amides is 2. The second-order valence-electron chi connectivity index (χ2n) is 5.28. The van der Waals surface area contributed by atoms with Crippen LogP contribution in [0.25, 0.3) is 0 Å². The zero-order valence-corrected chi connectivity index (χ0v) is 12.5. The van der Waals surface area contributed by atoms with Gasteiger partial charge in [-0.15, -0.1) is 0 Å². The molecule has 0 aliphatic carbocycles. The molecule has 1 aromatic carbocycles. The van der Waals surface area contributed by atoms with Crippen LogP contribution in [0.15, 0.2) is 47.4 Å². The highest BCUT2D eigenvalue weighted by Crippen LogP contribution is 2.11. The summed E-state index contributed by atoms with van der Waals surface area (Å²) in [6.07, 6.45) is 2.24. The van der Waals surface area contributed by atoms with E-state index >= 15 is 0 Å². The molecular weight excluding hydrogens is 298 g/mol. The van der Waals surface area contributed by atoms with E-state index in [2.05, 4.69) is 10.3 Å². The normalized spacial score (nSPS) is 18.0. The highest BCUT2D eigenvalue weighted by atomic mass is 16.5. The summed E-state index contributed by atoms with van der Waals surface area (Å²) in [5, 5.41) is 2.73. The predicted octanol–water partition coefficient (Wildman–Crippen LogP) is 0.832. The molecule has 1 aliphatic rings. The number of nitrogens with one attached hydrogen (secondary N) is 1. The molecule has 7 nitrogen and oxygen atoms in total. The van der Waals surface area contributed by atoms with E-state index in [9.17, 15) is 9.59 Å². The van der Waals surface area contributed by atoms with Crippen LogP contribution < -0.4 is 5.32 Å². The number of carbonyl (C=O) groups excluding carboxylic acids is 2. The van der Waals surface area contributed by atoms with Crippen LogP contribution in [-0.4, -0.2) is 47.5 Å². The van der Waals surface area contributed by atoms with E-state index in [1.54, 1.807) is 4.90 Å². The number of nitrogens with zero attached hydrogens (tertiary/aromatic N) is 2. The van der Waals surface area contributed by atoms with Crippen LogP contribution in [0.2, 0.25) is 0 Å². The van der Waals surface area contributed by atoms with Crippen LogP contribution in [-0.2, 0) is 16.1 Å². The molecule has 7 heteroatoms. The molecule has 23 heavy (non-hydrogen) atoms. The Hall–Kier alpha value is -2.67. The molecule has 1 N–H and O–H groups in total. The van der Waals surface area contributed by atoms with Crippen molar-refractivity contribution in [3.8, 4) is 0 Å². The van der Waals surface area contributed by atoms with E-state index in [1.807, 2.05) is 30.3 Å². The maximum atomic E-state index is 12.0. The van der Waals surface area contributed by atoms with Crippen molar-refractivity contribution in [2.24, 2.45) is 0 Å². The smallest absolute Gasteiger partial charge is 0.273 e. The highest BCUT2D eigenvalue weighted by molar-refractivity contribution is 5.91. The van der Waals surface area contributed by atoms with Gasteiger partial charge in [-0.3, -0.25) is 9.59 Å². The van der Waals surface area contributed by atoms with Crippen molar-refractivity contribution in [3.63, 3.8) is 0 Å². The third-order valence-corrected chi connectivity index (χ3v) is 3.59. The lowest BCUT2D eigenvalue weighted by molar-refractivity contribution is -0.149. The minimum atomic E-state index is -0.325. The molecular formula is C16H17N3O4. The van der Waals surface area contributed by atoms with Gasteiger partial charge in [0, 0.05) is 19.6 Å². The van der Waals surface area contributed by atoms with E-state index in [-0.39, 0.29) is 30.2 Å². The summed E-state index contributed by atoms with van der Waals surface area (Å²) in [6.45, 7) is 1.31. The highest BCUT2D eigenvalue weighted by Gasteiger charge is 2.26. The van der Waals surface area contributed by atoms with E-state index in [1.165, 1.54) is 12.7 Å². The monoisotopic (exact) mass is 315 g/mol. The number of rotatable bonds is 5. The maximum Gasteiger partial charge on any atom is 0.273 e. The van der Waals surface area contributed by atoms with Crippen molar-refractivity contribution in [2.45, 2.75) is 12.6 Å². The third-order valence-electron chi connectivity index (χ3n) is 3.59. The molecule has 120 valence electrons. The SMILES string of the molecule is O=C(NCC1CN(Cc2ccccc2)C(=O)CO1)c1cocn1. The summed E-state index contributed by atoms with van der Waals surface area (Å²) < 4.78 is 10.2. The van der Waals surface area contributed by atoms with Gasteiger partial charge in [0.2, 0.25) is 5.91 Å². The van der Waals surface area contributed by atoms with Crippen molar-refractivity contribution < 1.29 is 18.7 Å². The molecule has 2 amide bonds. The first-order chi connectivity index (χ1) is 11.2. The Labute approximate surface area is 133 Å². The van der Waals surface area contributed by atoms with Crippen LogP contribution in [0.4, 0.5) is 0 Å². The fourth-order valence-electron chi connectivity index (χ4n) is 2.38. The Morgan fingerprint density at radius 2 is 2.17 bits per heavy atom. The second kappa shape index (κ2) is 7.06. The van der Waals surface area contributed by atoms with Crippen LogP contribution in [0.3, 0.4) is 0 Å². The second-order valence-corrected chi connectivity index (χ2v) is 5.28. The Morgan fingerprint density at radius 3 is 2.91 bits per heavy atom. The van der Waals surface area contributed by atoms with E-state index in [0.29, 0.717) is 19.6 Å². The summed E-state index contributed by atoms with van der Waals surface area (Å²) in [6, 6.07) is 9.77. The number of aromatic nitrogens is 1. The number of hydrogen-bond donors (Lipinski definition) is 1. The number of carbonyl (C=O) groups is 2. The molecule has 0 bridgehead atoms. The molecule has 0 saturated carbocycles. The van der Waals surface area contributed by atoms with Crippen molar-refractivity contribution in [1.82, 2.24) is 15.2 Å². The van der Waals surface area contributed by atoms with Gasteiger partial charge in [0.1, 0.15) is 12.9 Å². The molecule has 1 unspecified atom stereocenters. The Bertz CT molecular complexity index is 657. The van der Waals surface area contributed by atoms with Gasteiger partial charge in [0.25, 0.3) is 5.91 Å².